The minimum Gasteiger partial charge on any atom is -0.368 e. The number of aryl methyl sites for hydroxylation is 1. The van der Waals surface area contributed by atoms with Crippen LogP contribution in [0.5, 0.6) is 0 Å². The molecule has 2 aromatic carbocycles. The number of piperidine rings is 1. The number of benzene rings is 2. The molecule has 2 atom stereocenters. The lowest BCUT2D eigenvalue weighted by Gasteiger charge is -2.30. The van der Waals surface area contributed by atoms with E-state index in [1.165, 1.54) is 12.3 Å². The van der Waals surface area contributed by atoms with Crippen molar-refractivity contribution in [2.75, 3.05) is 16.8 Å². The van der Waals surface area contributed by atoms with Gasteiger partial charge in [-0.2, -0.15) is 13.2 Å². The number of aromatic nitrogens is 1. The lowest BCUT2D eigenvalue weighted by Crippen LogP contribution is -2.32. The first-order chi connectivity index (χ1) is 15.2. The third-order valence-corrected chi connectivity index (χ3v) is 6.66. The maximum absolute atomic E-state index is 13.9. The quantitative estimate of drug-likeness (QED) is 0.595. The fourth-order valence-corrected chi connectivity index (χ4v) is 5.09. The number of aromatic amines is 1. The molecule has 2 aliphatic rings. The molecule has 5 rings (SSSR count). The van der Waals surface area contributed by atoms with E-state index < -0.39 is 23.1 Å². The lowest BCUT2D eigenvalue weighted by molar-refractivity contribution is -0.136. The molecule has 1 saturated carbocycles. The van der Waals surface area contributed by atoms with Crippen molar-refractivity contribution in [3.05, 3.63) is 69.5 Å². The van der Waals surface area contributed by atoms with E-state index in [9.17, 15) is 22.8 Å². The number of rotatable bonds is 3. The van der Waals surface area contributed by atoms with Crippen LogP contribution in [0.3, 0.4) is 0 Å². The van der Waals surface area contributed by atoms with Crippen LogP contribution in [0.4, 0.5) is 24.5 Å². The summed E-state index contributed by atoms with van der Waals surface area (Å²) in [6.45, 7) is 2.50. The Morgan fingerprint density at radius 2 is 2.00 bits per heavy atom. The number of pyridine rings is 1. The van der Waals surface area contributed by atoms with Gasteiger partial charge in [-0.25, -0.2) is 0 Å². The van der Waals surface area contributed by atoms with E-state index >= 15 is 0 Å². The molecule has 2 fully saturated rings. The van der Waals surface area contributed by atoms with Crippen molar-refractivity contribution in [1.82, 2.24) is 4.98 Å². The van der Waals surface area contributed by atoms with Gasteiger partial charge in [-0.05, 0) is 61.9 Å². The van der Waals surface area contributed by atoms with Gasteiger partial charge < -0.3 is 15.2 Å². The fraction of sp³-hybridized carbons (Fsp3) is 0.333. The van der Waals surface area contributed by atoms with Crippen LogP contribution in [0.1, 0.15) is 40.7 Å². The maximum atomic E-state index is 13.9. The summed E-state index contributed by atoms with van der Waals surface area (Å²) < 4.78 is 41.6. The number of nitrogens with zero attached hydrogens (tertiary/aromatic N) is 1. The summed E-state index contributed by atoms with van der Waals surface area (Å²) >= 11 is 0. The Bertz CT molecular complexity index is 1280. The van der Waals surface area contributed by atoms with E-state index in [1.54, 1.807) is 31.2 Å². The topological polar surface area (TPSA) is 65.2 Å². The van der Waals surface area contributed by atoms with Crippen LogP contribution in [0, 0.1) is 12.8 Å². The van der Waals surface area contributed by atoms with Gasteiger partial charge in [-0.3, -0.25) is 9.59 Å². The van der Waals surface area contributed by atoms with Crippen LogP contribution in [-0.4, -0.2) is 23.5 Å². The molecule has 166 valence electrons. The minimum absolute atomic E-state index is 0.235. The van der Waals surface area contributed by atoms with Crippen LogP contribution >= 0.6 is 0 Å². The molecule has 2 heterocycles. The van der Waals surface area contributed by atoms with Crippen LogP contribution < -0.4 is 15.6 Å². The number of anilines is 2. The number of halogens is 3. The van der Waals surface area contributed by atoms with Crippen molar-refractivity contribution in [2.24, 2.45) is 5.92 Å². The number of hydrogen-bond acceptors (Lipinski definition) is 3. The van der Waals surface area contributed by atoms with Crippen molar-refractivity contribution in [1.29, 1.82) is 0 Å². The number of alkyl halides is 3. The predicted molar refractivity (Wildman–Crippen MR) is 117 cm³/mol. The predicted octanol–water partition coefficient (Wildman–Crippen LogP) is 5.10. The van der Waals surface area contributed by atoms with Crippen LogP contribution in [0.15, 0.2) is 47.4 Å². The molecule has 8 heteroatoms. The number of fused-ring (bicyclic) bond motifs is 3. The molecule has 1 amide bonds. The third-order valence-electron chi connectivity index (χ3n) is 6.66. The van der Waals surface area contributed by atoms with E-state index in [1.807, 2.05) is 4.90 Å². The summed E-state index contributed by atoms with van der Waals surface area (Å²) in [5, 5.41) is 2.66. The summed E-state index contributed by atoms with van der Waals surface area (Å²) in [6.07, 6.45) is -0.272. The largest absolute Gasteiger partial charge is 0.418 e. The van der Waals surface area contributed by atoms with Crippen LogP contribution in [0.2, 0.25) is 0 Å². The van der Waals surface area contributed by atoms with Gasteiger partial charge >= 0.3 is 6.18 Å². The summed E-state index contributed by atoms with van der Waals surface area (Å²) in [4.78, 5) is 30.6. The molecule has 1 aromatic heterocycles. The Balaban J connectivity index is 1.49. The summed E-state index contributed by atoms with van der Waals surface area (Å²) in [5.41, 5.74) is -0.278. The molecule has 2 N–H and O–H groups in total. The van der Waals surface area contributed by atoms with E-state index in [0.717, 1.165) is 31.9 Å². The molecule has 1 aliphatic heterocycles. The zero-order valence-electron chi connectivity index (χ0n) is 17.4. The summed E-state index contributed by atoms with van der Waals surface area (Å²) in [7, 11) is 0. The Morgan fingerprint density at radius 1 is 1.19 bits per heavy atom. The van der Waals surface area contributed by atoms with Gasteiger partial charge in [0.15, 0.2) is 0 Å². The van der Waals surface area contributed by atoms with Crippen molar-refractivity contribution >= 4 is 28.2 Å². The second-order valence-corrected chi connectivity index (χ2v) is 8.70. The standard InChI is InChI=1S/C24H22F3N3O2/c1-13-3-2-4-20-21(13)22(31)17(11-28-20)23(32)29-19-8-7-16(10-18(19)24(25,26)27)30-12-14-5-6-15(30)9-14/h2-4,7-8,10-11,14-15H,5-6,9,12H2,1H3,(H,28,31)(H,29,32). The van der Waals surface area contributed by atoms with Crippen molar-refractivity contribution in [2.45, 2.75) is 38.4 Å². The number of carbonyl (C=O) groups excluding carboxylic acids is 1. The fourth-order valence-electron chi connectivity index (χ4n) is 5.09. The first-order valence-electron chi connectivity index (χ1n) is 10.6. The van der Waals surface area contributed by atoms with Crippen LogP contribution in [-0.2, 0) is 6.18 Å². The normalized spacial score (nSPS) is 20.2. The van der Waals surface area contributed by atoms with Crippen molar-refractivity contribution in [3.8, 4) is 0 Å². The Labute approximate surface area is 182 Å². The van der Waals surface area contributed by atoms with Gasteiger partial charge in [-0.1, -0.05) is 12.1 Å². The SMILES string of the molecule is Cc1cccc2[nH]cc(C(=O)Nc3ccc(N4CC5CCC4C5)cc3C(F)(F)F)c(=O)c12. The van der Waals surface area contributed by atoms with Gasteiger partial charge in [0.1, 0.15) is 5.56 Å². The average molecular weight is 441 g/mol. The highest BCUT2D eigenvalue weighted by Crippen LogP contribution is 2.43. The van der Waals surface area contributed by atoms with Gasteiger partial charge in [-0.15, -0.1) is 0 Å². The highest BCUT2D eigenvalue weighted by atomic mass is 19.4. The second kappa shape index (κ2) is 7.39. The zero-order chi connectivity index (χ0) is 22.6. The summed E-state index contributed by atoms with van der Waals surface area (Å²) in [5.74, 6) is -0.341. The first-order valence-corrected chi connectivity index (χ1v) is 10.6. The Morgan fingerprint density at radius 3 is 2.69 bits per heavy atom. The van der Waals surface area contributed by atoms with E-state index in [0.29, 0.717) is 28.1 Å². The van der Waals surface area contributed by atoms with Gasteiger partial charge in [0, 0.05) is 35.4 Å². The second-order valence-electron chi connectivity index (χ2n) is 8.70. The number of hydrogen-bond donors (Lipinski definition) is 2. The Kier molecular flexibility index (Phi) is 4.76. The third kappa shape index (κ3) is 3.43. The number of H-pyrrole nitrogens is 1. The number of carbonyl (C=O) groups is 1. The molecule has 1 saturated heterocycles. The molecule has 2 bridgehead atoms. The van der Waals surface area contributed by atoms with Crippen LogP contribution in [0.25, 0.3) is 10.9 Å². The molecule has 5 nitrogen and oxygen atoms in total. The molecular formula is C24H22F3N3O2. The van der Waals surface area contributed by atoms with Crippen molar-refractivity contribution in [3.63, 3.8) is 0 Å². The van der Waals surface area contributed by atoms with E-state index in [-0.39, 0.29) is 17.3 Å². The molecule has 32 heavy (non-hydrogen) atoms. The molecule has 1 aliphatic carbocycles. The zero-order valence-corrected chi connectivity index (χ0v) is 17.4. The highest BCUT2D eigenvalue weighted by Gasteiger charge is 2.40. The average Bonchev–Trinajstić information content (AvgIpc) is 3.37. The number of nitrogens with one attached hydrogen (secondary N) is 2. The lowest BCUT2D eigenvalue weighted by atomic mass is 10.1. The van der Waals surface area contributed by atoms with Gasteiger partial charge in [0.25, 0.3) is 5.91 Å². The molecule has 0 spiro atoms. The molecule has 0 radical (unpaired) electrons. The first kappa shape index (κ1) is 20.6. The van der Waals surface area contributed by atoms with E-state index in [2.05, 4.69) is 10.3 Å². The van der Waals surface area contributed by atoms with Gasteiger partial charge in [0.05, 0.1) is 11.3 Å². The highest BCUT2D eigenvalue weighted by molar-refractivity contribution is 6.06. The van der Waals surface area contributed by atoms with Gasteiger partial charge in [0.2, 0.25) is 5.43 Å². The maximum Gasteiger partial charge on any atom is 0.418 e. The minimum atomic E-state index is -4.65. The monoisotopic (exact) mass is 441 g/mol. The smallest absolute Gasteiger partial charge is 0.368 e. The molecular weight excluding hydrogens is 419 g/mol. The number of amides is 1. The van der Waals surface area contributed by atoms with E-state index in [4.69, 9.17) is 0 Å². The van der Waals surface area contributed by atoms with Crippen molar-refractivity contribution < 1.29 is 18.0 Å². The summed E-state index contributed by atoms with van der Waals surface area (Å²) in [6, 6.07) is 9.49. The molecule has 3 aromatic rings. The molecule has 2 unspecified atom stereocenters. The Hall–Kier alpha value is -3.29.